The van der Waals surface area contributed by atoms with E-state index < -0.39 is 0 Å². The zero-order valence-electron chi connectivity index (χ0n) is 8.97. The van der Waals surface area contributed by atoms with E-state index in [9.17, 15) is 9.90 Å². The fourth-order valence-corrected chi connectivity index (χ4v) is 1.63. The Hall–Kier alpha value is -1.91. The van der Waals surface area contributed by atoms with Crippen molar-refractivity contribution >= 4 is 11.7 Å². The Morgan fingerprint density at radius 3 is 3.00 bits per heavy atom. The molecule has 0 atom stereocenters. The second-order valence-electron chi connectivity index (χ2n) is 3.50. The maximum absolute atomic E-state index is 11.1. The number of hydrogen-bond donors (Lipinski definition) is 1. The number of nitrogens with zero attached hydrogens (tertiary/aromatic N) is 1. The van der Waals surface area contributed by atoms with E-state index in [2.05, 4.69) is 0 Å². The molecule has 1 aromatic rings. The second-order valence-corrected chi connectivity index (χ2v) is 3.50. The smallest absolute Gasteiger partial charge is 0.325 e. The summed E-state index contributed by atoms with van der Waals surface area (Å²) in [7, 11) is 1.49. The van der Waals surface area contributed by atoms with Gasteiger partial charge in [0.05, 0.1) is 13.7 Å². The number of methoxy groups -OCH3 is 1. The molecule has 0 aliphatic carbocycles. The molecule has 1 heterocycles. The van der Waals surface area contributed by atoms with Crippen molar-refractivity contribution in [2.45, 2.75) is 0 Å². The van der Waals surface area contributed by atoms with Crippen molar-refractivity contribution in [2.75, 3.05) is 31.7 Å². The summed E-state index contributed by atoms with van der Waals surface area (Å²) in [5.41, 5.74) is 0.839. The standard InChI is InChI=1S/C11H13NO4/c1-15-10-6-8(2-3-9(10)13)12-4-5-16-11(14)7-12/h2-3,6,13H,4-5,7H2,1H3. The first-order valence-corrected chi connectivity index (χ1v) is 4.98. The van der Waals surface area contributed by atoms with Gasteiger partial charge in [-0.2, -0.15) is 0 Å². The molecule has 16 heavy (non-hydrogen) atoms. The zero-order valence-corrected chi connectivity index (χ0v) is 8.97. The largest absolute Gasteiger partial charge is 0.504 e. The molecule has 0 aromatic heterocycles. The number of phenolic OH excluding ortho intramolecular Hbond substituents is 1. The number of esters is 1. The highest BCUT2D eigenvalue weighted by atomic mass is 16.5. The highest BCUT2D eigenvalue weighted by Gasteiger charge is 2.19. The molecule has 86 valence electrons. The van der Waals surface area contributed by atoms with Gasteiger partial charge in [-0.1, -0.05) is 0 Å². The lowest BCUT2D eigenvalue weighted by molar-refractivity contribution is -0.143. The van der Waals surface area contributed by atoms with Gasteiger partial charge in [0, 0.05) is 11.8 Å². The number of ether oxygens (including phenoxy) is 2. The molecule has 1 aliphatic rings. The van der Waals surface area contributed by atoms with E-state index in [4.69, 9.17) is 9.47 Å². The molecular weight excluding hydrogens is 210 g/mol. The van der Waals surface area contributed by atoms with Crippen LogP contribution in [-0.4, -0.2) is 37.9 Å². The van der Waals surface area contributed by atoms with Crippen LogP contribution in [0.25, 0.3) is 0 Å². The zero-order chi connectivity index (χ0) is 11.5. The van der Waals surface area contributed by atoms with Crippen molar-refractivity contribution in [1.82, 2.24) is 0 Å². The summed E-state index contributed by atoms with van der Waals surface area (Å²) < 4.78 is 9.86. The van der Waals surface area contributed by atoms with Crippen LogP contribution in [0.4, 0.5) is 5.69 Å². The van der Waals surface area contributed by atoms with Gasteiger partial charge >= 0.3 is 5.97 Å². The van der Waals surface area contributed by atoms with E-state index >= 15 is 0 Å². The van der Waals surface area contributed by atoms with Gasteiger partial charge in [-0.25, -0.2) is 0 Å². The van der Waals surface area contributed by atoms with Crippen LogP contribution in [-0.2, 0) is 9.53 Å². The average molecular weight is 223 g/mol. The van der Waals surface area contributed by atoms with Crippen molar-refractivity contribution in [2.24, 2.45) is 0 Å². The molecule has 0 amide bonds. The van der Waals surface area contributed by atoms with E-state index in [-0.39, 0.29) is 18.3 Å². The Balaban J connectivity index is 2.22. The number of rotatable bonds is 2. The van der Waals surface area contributed by atoms with Crippen molar-refractivity contribution in [3.8, 4) is 11.5 Å². The third-order valence-corrected chi connectivity index (χ3v) is 2.47. The van der Waals surface area contributed by atoms with Crippen LogP contribution in [0.2, 0.25) is 0 Å². The lowest BCUT2D eigenvalue weighted by Gasteiger charge is -2.28. The maximum atomic E-state index is 11.1. The van der Waals surface area contributed by atoms with Gasteiger partial charge in [0.25, 0.3) is 0 Å². The fraction of sp³-hybridized carbons (Fsp3) is 0.364. The van der Waals surface area contributed by atoms with E-state index in [1.807, 2.05) is 4.90 Å². The summed E-state index contributed by atoms with van der Waals surface area (Å²) >= 11 is 0. The summed E-state index contributed by atoms with van der Waals surface area (Å²) in [6.45, 7) is 1.27. The molecule has 5 nitrogen and oxygen atoms in total. The number of anilines is 1. The number of carbonyl (C=O) groups excluding carboxylic acids is 1. The van der Waals surface area contributed by atoms with Crippen LogP contribution < -0.4 is 9.64 Å². The minimum absolute atomic E-state index is 0.0887. The molecule has 0 radical (unpaired) electrons. The third-order valence-electron chi connectivity index (χ3n) is 2.47. The van der Waals surface area contributed by atoms with Gasteiger partial charge in [-0.3, -0.25) is 4.79 Å². The van der Waals surface area contributed by atoms with Gasteiger partial charge in [0.2, 0.25) is 0 Å². The number of phenols is 1. The molecule has 1 fully saturated rings. The first-order chi connectivity index (χ1) is 7.70. The van der Waals surface area contributed by atoms with Crippen LogP contribution >= 0.6 is 0 Å². The normalized spacial score (nSPS) is 15.8. The maximum Gasteiger partial charge on any atom is 0.325 e. The van der Waals surface area contributed by atoms with Gasteiger partial charge in [0.1, 0.15) is 13.2 Å². The van der Waals surface area contributed by atoms with Crippen LogP contribution in [0, 0.1) is 0 Å². The SMILES string of the molecule is COc1cc(N2CCOC(=O)C2)ccc1O. The lowest BCUT2D eigenvalue weighted by Crippen LogP contribution is -2.39. The number of cyclic esters (lactones) is 1. The number of morpholine rings is 1. The summed E-state index contributed by atoms with van der Waals surface area (Å²) in [6, 6.07) is 5.00. The van der Waals surface area contributed by atoms with Gasteiger partial charge < -0.3 is 19.5 Å². The highest BCUT2D eigenvalue weighted by Crippen LogP contribution is 2.30. The van der Waals surface area contributed by atoms with Gasteiger partial charge in [-0.05, 0) is 12.1 Å². The fourth-order valence-electron chi connectivity index (χ4n) is 1.63. The molecule has 5 heteroatoms. The molecule has 1 aliphatic heterocycles. The first kappa shape index (κ1) is 10.6. The first-order valence-electron chi connectivity index (χ1n) is 4.98. The van der Waals surface area contributed by atoms with E-state index in [0.717, 1.165) is 5.69 Å². The van der Waals surface area contributed by atoms with Crippen LogP contribution in [0.15, 0.2) is 18.2 Å². The van der Waals surface area contributed by atoms with Crippen molar-refractivity contribution in [1.29, 1.82) is 0 Å². The monoisotopic (exact) mass is 223 g/mol. The summed E-state index contributed by atoms with van der Waals surface area (Å²) in [5.74, 6) is 0.251. The molecule has 2 rings (SSSR count). The second kappa shape index (κ2) is 4.30. The number of carbonyl (C=O) groups is 1. The Kier molecular flexibility index (Phi) is 2.85. The predicted molar refractivity (Wildman–Crippen MR) is 57.8 cm³/mol. The highest BCUT2D eigenvalue weighted by molar-refractivity contribution is 5.77. The summed E-state index contributed by atoms with van der Waals surface area (Å²) in [4.78, 5) is 13.0. The van der Waals surface area contributed by atoms with Gasteiger partial charge in [0.15, 0.2) is 11.5 Å². The molecule has 0 saturated carbocycles. The van der Waals surface area contributed by atoms with E-state index in [0.29, 0.717) is 18.9 Å². The molecule has 1 N–H and O–H groups in total. The lowest BCUT2D eigenvalue weighted by atomic mass is 10.2. The predicted octanol–water partition coefficient (Wildman–Crippen LogP) is 0.764. The van der Waals surface area contributed by atoms with Crippen LogP contribution in [0.3, 0.4) is 0 Å². The van der Waals surface area contributed by atoms with E-state index in [1.165, 1.54) is 7.11 Å². The van der Waals surface area contributed by atoms with Crippen molar-refractivity contribution in [3.05, 3.63) is 18.2 Å². The minimum atomic E-state index is -0.238. The number of aromatic hydroxyl groups is 1. The molecular formula is C11H13NO4. The number of hydrogen-bond acceptors (Lipinski definition) is 5. The Morgan fingerprint density at radius 1 is 1.50 bits per heavy atom. The minimum Gasteiger partial charge on any atom is -0.504 e. The Bertz CT molecular complexity index is 405. The van der Waals surface area contributed by atoms with Crippen LogP contribution in [0.5, 0.6) is 11.5 Å². The summed E-state index contributed by atoms with van der Waals surface area (Å²) in [5, 5.41) is 9.45. The molecule has 1 saturated heterocycles. The molecule has 0 bridgehead atoms. The van der Waals surface area contributed by atoms with Crippen molar-refractivity contribution in [3.63, 3.8) is 0 Å². The van der Waals surface area contributed by atoms with Crippen molar-refractivity contribution < 1.29 is 19.4 Å². The van der Waals surface area contributed by atoms with Crippen LogP contribution in [0.1, 0.15) is 0 Å². The number of benzene rings is 1. The Labute approximate surface area is 93.2 Å². The average Bonchev–Trinajstić information content (AvgIpc) is 2.29. The quantitative estimate of drug-likeness (QED) is 0.750. The molecule has 0 spiro atoms. The third kappa shape index (κ3) is 2.03. The molecule has 0 unspecified atom stereocenters. The Morgan fingerprint density at radius 2 is 2.31 bits per heavy atom. The molecule has 1 aromatic carbocycles. The van der Waals surface area contributed by atoms with E-state index in [1.54, 1.807) is 18.2 Å². The summed E-state index contributed by atoms with van der Waals surface area (Å²) in [6.07, 6.45) is 0. The topological polar surface area (TPSA) is 59.0 Å². The van der Waals surface area contributed by atoms with Gasteiger partial charge in [-0.15, -0.1) is 0 Å².